The molecular formula is C8H14ClNO2. The van der Waals surface area contributed by atoms with E-state index in [1.54, 1.807) is 0 Å². The minimum absolute atomic E-state index is 0. The molecule has 1 saturated carbocycles. The molecule has 0 radical (unpaired) electrons. The van der Waals surface area contributed by atoms with Crippen LogP contribution in [0.25, 0.3) is 0 Å². The Morgan fingerprint density at radius 1 is 1.50 bits per heavy atom. The van der Waals surface area contributed by atoms with Crippen molar-refractivity contribution >= 4 is 5.97 Å². The van der Waals surface area contributed by atoms with E-state index in [2.05, 4.69) is 10.1 Å². The van der Waals surface area contributed by atoms with Crippen LogP contribution in [0.2, 0.25) is 0 Å². The van der Waals surface area contributed by atoms with Gasteiger partial charge in [-0.05, 0) is 5.92 Å². The number of quaternary nitrogens is 1. The summed E-state index contributed by atoms with van der Waals surface area (Å²) >= 11 is 0. The number of piperidine rings is 1. The average Bonchev–Trinajstić information content (AvgIpc) is 2.52. The quantitative estimate of drug-likeness (QED) is 0.452. The molecule has 2 N–H and O–H groups in total. The molecule has 3 nitrogen and oxygen atoms in total. The summed E-state index contributed by atoms with van der Waals surface area (Å²) in [6.45, 7) is 2.46. The summed E-state index contributed by atoms with van der Waals surface area (Å²) in [5, 5.41) is 2.34. The van der Waals surface area contributed by atoms with E-state index >= 15 is 0 Å². The van der Waals surface area contributed by atoms with Crippen molar-refractivity contribution in [2.45, 2.75) is 6.42 Å². The molecule has 2 fully saturated rings. The Morgan fingerprint density at radius 2 is 2.08 bits per heavy atom. The summed E-state index contributed by atoms with van der Waals surface area (Å²) in [7, 11) is 1.46. The Hall–Kier alpha value is -0.280. The molecule has 4 heteroatoms. The lowest BCUT2D eigenvalue weighted by molar-refractivity contribution is -0.645. The third kappa shape index (κ3) is 1.57. The number of carbonyl (C=O) groups excluding carboxylic acids is 1. The zero-order chi connectivity index (χ0) is 7.84. The van der Waals surface area contributed by atoms with Gasteiger partial charge in [-0.2, -0.15) is 0 Å². The van der Waals surface area contributed by atoms with Gasteiger partial charge in [0.1, 0.15) is 0 Å². The van der Waals surface area contributed by atoms with Gasteiger partial charge in [-0.1, -0.05) is 0 Å². The van der Waals surface area contributed by atoms with Gasteiger partial charge in [0.05, 0.1) is 20.2 Å². The number of halogens is 1. The number of ether oxygens (including phenoxy) is 1. The van der Waals surface area contributed by atoms with Gasteiger partial charge >= 0.3 is 5.97 Å². The van der Waals surface area contributed by atoms with Gasteiger partial charge in [-0.3, -0.25) is 4.79 Å². The van der Waals surface area contributed by atoms with Gasteiger partial charge in [-0.25, -0.2) is 0 Å². The van der Waals surface area contributed by atoms with Crippen molar-refractivity contribution in [2.24, 2.45) is 17.8 Å². The predicted octanol–water partition coefficient (Wildman–Crippen LogP) is -4.01. The Bertz CT molecular complexity index is 176. The van der Waals surface area contributed by atoms with Gasteiger partial charge in [0.15, 0.2) is 0 Å². The molecule has 1 aliphatic heterocycles. The molecule has 0 spiro atoms. The van der Waals surface area contributed by atoms with Gasteiger partial charge in [0, 0.05) is 18.3 Å². The second-order valence-electron chi connectivity index (χ2n) is 3.53. The van der Waals surface area contributed by atoms with Crippen molar-refractivity contribution < 1.29 is 27.3 Å². The number of esters is 1. The normalized spacial score (nSPS) is 36.6. The largest absolute Gasteiger partial charge is 1.00 e. The average molecular weight is 192 g/mol. The number of carbonyl (C=O) groups is 1. The second-order valence-corrected chi connectivity index (χ2v) is 3.53. The molecular weight excluding hydrogens is 178 g/mol. The van der Waals surface area contributed by atoms with Crippen molar-refractivity contribution in [3.63, 3.8) is 0 Å². The molecule has 0 aromatic carbocycles. The monoisotopic (exact) mass is 191 g/mol. The van der Waals surface area contributed by atoms with Crippen LogP contribution in [0.1, 0.15) is 6.42 Å². The topological polar surface area (TPSA) is 42.9 Å². The zero-order valence-corrected chi connectivity index (χ0v) is 7.88. The summed E-state index contributed by atoms with van der Waals surface area (Å²) in [5.74, 6) is 2.28. The number of hydrogen-bond donors (Lipinski definition) is 1. The third-order valence-electron chi connectivity index (χ3n) is 3.02. The molecule has 1 aliphatic carbocycles. The van der Waals surface area contributed by atoms with Gasteiger partial charge in [0.2, 0.25) is 0 Å². The number of rotatable bonds is 2. The highest BCUT2D eigenvalue weighted by atomic mass is 35.5. The van der Waals surface area contributed by atoms with E-state index in [1.807, 2.05) is 0 Å². The summed E-state index contributed by atoms with van der Waals surface area (Å²) in [6.07, 6.45) is 0.652. The molecule has 0 aromatic rings. The number of hydrogen-bond acceptors (Lipinski definition) is 2. The molecule has 2 aliphatic rings. The maximum absolute atomic E-state index is 10.9. The van der Waals surface area contributed by atoms with Gasteiger partial charge < -0.3 is 22.5 Å². The fourth-order valence-electron chi connectivity index (χ4n) is 2.28. The van der Waals surface area contributed by atoms with E-state index in [0.717, 1.165) is 11.8 Å². The van der Waals surface area contributed by atoms with Crippen molar-refractivity contribution in [2.75, 3.05) is 20.2 Å². The fraction of sp³-hybridized carbons (Fsp3) is 0.875. The Kier molecular flexibility index (Phi) is 2.96. The number of methoxy groups -OCH3 is 1. The van der Waals surface area contributed by atoms with E-state index in [4.69, 9.17) is 0 Å². The van der Waals surface area contributed by atoms with E-state index in [-0.39, 0.29) is 18.4 Å². The van der Waals surface area contributed by atoms with E-state index in [9.17, 15) is 4.79 Å². The molecule has 1 unspecified atom stereocenters. The van der Waals surface area contributed by atoms with E-state index in [0.29, 0.717) is 12.3 Å². The molecule has 0 aromatic heterocycles. The van der Waals surface area contributed by atoms with Crippen molar-refractivity contribution in [3.8, 4) is 0 Å². The molecule has 1 saturated heterocycles. The van der Waals surface area contributed by atoms with Crippen LogP contribution in [0.15, 0.2) is 0 Å². The maximum atomic E-state index is 10.9. The standard InChI is InChI=1S/C8H13NO2.ClH/c1-11-8(10)2-5-6-3-9-4-7(5)6;/h5-7,9H,2-4H2,1H3;1H/t5?,6-,7+;. The molecule has 0 amide bonds. The summed E-state index contributed by atoms with van der Waals surface area (Å²) in [5.41, 5.74) is 0. The third-order valence-corrected chi connectivity index (χ3v) is 3.02. The van der Waals surface area contributed by atoms with Crippen LogP contribution in [-0.2, 0) is 9.53 Å². The predicted molar refractivity (Wildman–Crippen MR) is 38.8 cm³/mol. The molecule has 2 rings (SSSR count). The van der Waals surface area contributed by atoms with Crippen molar-refractivity contribution in [1.29, 1.82) is 0 Å². The van der Waals surface area contributed by atoms with Crippen LogP contribution in [0.5, 0.6) is 0 Å². The van der Waals surface area contributed by atoms with Crippen molar-refractivity contribution in [3.05, 3.63) is 0 Å². The first-order valence-electron chi connectivity index (χ1n) is 4.21. The van der Waals surface area contributed by atoms with Crippen LogP contribution in [0, 0.1) is 17.8 Å². The fourth-order valence-corrected chi connectivity index (χ4v) is 2.28. The Morgan fingerprint density at radius 3 is 2.58 bits per heavy atom. The van der Waals surface area contributed by atoms with Crippen LogP contribution in [-0.4, -0.2) is 26.2 Å². The molecule has 12 heavy (non-hydrogen) atoms. The lowest BCUT2D eigenvalue weighted by atomic mass is 10.2. The first kappa shape index (κ1) is 9.81. The van der Waals surface area contributed by atoms with Crippen LogP contribution >= 0.6 is 0 Å². The Labute approximate surface area is 78.3 Å². The molecule has 0 bridgehead atoms. The number of nitrogens with two attached hydrogens (primary N) is 1. The van der Waals surface area contributed by atoms with Crippen LogP contribution in [0.4, 0.5) is 0 Å². The lowest BCUT2D eigenvalue weighted by Gasteiger charge is -2.00. The van der Waals surface area contributed by atoms with E-state index < -0.39 is 0 Å². The Balaban J connectivity index is 0.000000720. The first-order chi connectivity index (χ1) is 5.33. The molecule has 3 atom stereocenters. The van der Waals surface area contributed by atoms with Crippen LogP contribution in [0.3, 0.4) is 0 Å². The SMILES string of the molecule is COC(=O)CC1[C@H]2C[NH2+]C[C@@H]12.[Cl-]. The summed E-state index contributed by atoms with van der Waals surface area (Å²) in [4.78, 5) is 10.9. The first-order valence-corrected chi connectivity index (χ1v) is 4.21. The number of fused-ring (bicyclic) bond motifs is 1. The minimum Gasteiger partial charge on any atom is -1.00 e. The van der Waals surface area contributed by atoms with Gasteiger partial charge in [0.25, 0.3) is 0 Å². The van der Waals surface area contributed by atoms with Crippen molar-refractivity contribution in [1.82, 2.24) is 0 Å². The second kappa shape index (κ2) is 3.62. The zero-order valence-electron chi connectivity index (χ0n) is 7.13. The van der Waals surface area contributed by atoms with Gasteiger partial charge in [-0.15, -0.1) is 0 Å². The smallest absolute Gasteiger partial charge is 0.305 e. The lowest BCUT2D eigenvalue weighted by Crippen LogP contribution is -3.00. The summed E-state index contributed by atoms with van der Waals surface area (Å²) in [6, 6.07) is 0. The maximum Gasteiger partial charge on any atom is 0.305 e. The molecule has 70 valence electrons. The highest BCUT2D eigenvalue weighted by molar-refractivity contribution is 5.70. The highest BCUT2D eigenvalue weighted by Crippen LogP contribution is 2.48. The summed E-state index contributed by atoms with van der Waals surface area (Å²) < 4.78 is 4.62. The highest BCUT2D eigenvalue weighted by Gasteiger charge is 2.56. The molecule has 1 heterocycles. The minimum atomic E-state index is -0.0376. The van der Waals surface area contributed by atoms with E-state index in [1.165, 1.54) is 20.2 Å². The van der Waals surface area contributed by atoms with Crippen LogP contribution < -0.4 is 17.7 Å².